The molecule has 0 spiro atoms. The average Bonchev–Trinajstić information content (AvgIpc) is 2.66. The highest BCUT2D eigenvalue weighted by Crippen LogP contribution is 2.31. The maximum absolute atomic E-state index is 12.7. The smallest absolute Gasteiger partial charge is 0.416 e. The van der Waals surface area contributed by atoms with E-state index in [-0.39, 0.29) is 12.1 Å². The van der Waals surface area contributed by atoms with Gasteiger partial charge >= 0.3 is 12.1 Å². The van der Waals surface area contributed by atoms with Crippen molar-refractivity contribution in [2.24, 2.45) is 0 Å². The summed E-state index contributed by atoms with van der Waals surface area (Å²) in [5, 5.41) is 2.26. The van der Waals surface area contributed by atoms with E-state index in [9.17, 15) is 22.8 Å². The van der Waals surface area contributed by atoms with Crippen LogP contribution in [-0.4, -0.2) is 31.7 Å². The number of nitrogens with one attached hydrogen (secondary N) is 1. The fourth-order valence-electron chi connectivity index (χ4n) is 2.53. The number of amides is 1. The first-order valence-electron chi connectivity index (χ1n) is 8.32. The summed E-state index contributed by atoms with van der Waals surface area (Å²) in [6.07, 6.45) is -4.61. The number of benzene rings is 2. The van der Waals surface area contributed by atoms with Gasteiger partial charge in [0.25, 0.3) is 5.91 Å². The van der Waals surface area contributed by atoms with Gasteiger partial charge in [-0.05, 0) is 35.9 Å². The second kappa shape index (κ2) is 8.20. The summed E-state index contributed by atoms with van der Waals surface area (Å²) in [6, 6.07) is 9.18. The number of fused-ring (bicyclic) bond motifs is 1. The Hall–Kier alpha value is -3.23. The van der Waals surface area contributed by atoms with Crippen molar-refractivity contribution >= 4 is 17.6 Å². The normalized spacial score (nSPS) is 13.0. The number of rotatable bonds is 5. The summed E-state index contributed by atoms with van der Waals surface area (Å²) in [5.74, 6) is -0.284. The standard InChI is InChI=1S/C19H16F3NO5/c20-19(21,22)13-2-1-3-14(10-13)23-17(24)11-28-18(25)9-12-4-5-15-16(8-12)27-7-6-26-15/h1-5,8,10H,6-7,9,11H2,(H,23,24). The molecule has 0 radical (unpaired) electrons. The zero-order valence-corrected chi connectivity index (χ0v) is 14.5. The molecule has 1 heterocycles. The molecule has 2 aromatic carbocycles. The highest BCUT2D eigenvalue weighted by atomic mass is 19.4. The van der Waals surface area contributed by atoms with Crippen molar-refractivity contribution in [3.63, 3.8) is 0 Å². The second-order valence-electron chi connectivity index (χ2n) is 5.94. The Kier molecular flexibility index (Phi) is 5.72. The summed E-state index contributed by atoms with van der Waals surface area (Å²) in [5.41, 5.74) is -0.309. The molecule has 0 bridgehead atoms. The first-order chi connectivity index (χ1) is 13.3. The van der Waals surface area contributed by atoms with Crippen molar-refractivity contribution in [1.82, 2.24) is 0 Å². The molecule has 0 aromatic heterocycles. The number of halogens is 3. The lowest BCUT2D eigenvalue weighted by atomic mass is 10.1. The van der Waals surface area contributed by atoms with E-state index >= 15 is 0 Å². The van der Waals surface area contributed by atoms with Gasteiger partial charge in [-0.2, -0.15) is 13.2 Å². The van der Waals surface area contributed by atoms with Gasteiger partial charge in [0.1, 0.15) is 13.2 Å². The molecule has 0 fully saturated rings. The van der Waals surface area contributed by atoms with Crippen molar-refractivity contribution in [3.05, 3.63) is 53.6 Å². The number of alkyl halides is 3. The van der Waals surface area contributed by atoms with Crippen LogP contribution < -0.4 is 14.8 Å². The van der Waals surface area contributed by atoms with Crippen molar-refractivity contribution in [2.75, 3.05) is 25.1 Å². The molecule has 9 heteroatoms. The van der Waals surface area contributed by atoms with Crippen LogP contribution in [0.4, 0.5) is 18.9 Å². The number of anilines is 1. The molecule has 148 valence electrons. The summed E-state index contributed by atoms with van der Waals surface area (Å²) < 4.78 is 53.7. The van der Waals surface area contributed by atoms with E-state index < -0.39 is 30.2 Å². The van der Waals surface area contributed by atoms with E-state index in [1.165, 1.54) is 12.1 Å². The molecular weight excluding hydrogens is 379 g/mol. The van der Waals surface area contributed by atoms with Gasteiger partial charge in [-0.3, -0.25) is 9.59 Å². The van der Waals surface area contributed by atoms with Gasteiger partial charge in [0, 0.05) is 5.69 Å². The maximum atomic E-state index is 12.7. The first kappa shape index (κ1) is 19.5. The van der Waals surface area contributed by atoms with Crippen LogP contribution in [-0.2, 0) is 26.9 Å². The zero-order valence-electron chi connectivity index (χ0n) is 14.5. The fourth-order valence-corrected chi connectivity index (χ4v) is 2.53. The van der Waals surface area contributed by atoms with Gasteiger partial charge in [0.15, 0.2) is 18.1 Å². The second-order valence-corrected chi connectivity index (χ2v) is 5.94. The Morgan fingerprint density at radius 1 is 1.04 bits per heavy atom. The van der Waals surface area contributed by atoms with E-state index in [0.29, 0.717) is 30.3 Å². The van der Waals surface area contributed by atoms with Crippen LogP contribution in [0.3, 0.4) is 0 Å². The molecule has 6 nitrogen and oxygen atoms in total. The molecule has 1 amide bonds. The molecule has 2 aromatic rings. The van der Waals surface area contributed by atoms with Gasteiger partial charge < -0.3 is 19.5 Å². The Labute approximate surface area is 158 Å². The van der Waals surface area contributed by atoms with E-state index in [4.69, 9.17) is 14.2 Å². The minimum atomic E-state index is -4.52. The molecule has 0 atom stereocenters. The molecule has 1 aliphatic heterocycles. The van der Waals surface area contributed by atoms with Crippen LogP contribution in [0, 0.1) is 0 Å². The van der Waals surface area contributed by atoms with E-state index in [0.717, 1.165) is 12.1 Å². The SMILES string of the molecule is O=C(COC(=O)Cc1ccc2c(c1)OCCO2)Nc1cccc(C(F)(F)F)c1. The van der Waals surface area contributed by atoms with E-state index in [2.05, 4.69) is 5.32 Å². The molecule has 0 aliphatic carbocycles. The molecule has 28 heavy (non-hydrogen) atoms. The summed E-state index contributed by atoms with van der Waals surface area (Å²) in [4.78, 5) is 23.7. The molecule has 3 rings (SSSR count). The third-order valence-electron chi connectivity index (χ3n) is 3.79. The number of carbonyl (C=O) groups excluding carboxylic acids is 2. The number of hydrogen-bond donors (Lipinski definition) is 1. The lowest BCUT2D eigenvalue weighted by Crippen LogP contribution is -2.22. The average molecular weight is 395 g/mol. The van der Waals surface area contributed by atoms with Crippen LogP contribution in [0.25, 0.3) is 0 Å². The number of esters is 1. The van der Waals surface area contributed by atoms with Gasteiger partial charge in [0.05, 0.1) is 12.0 Å². The monoisotopic (exact) mass is 395 g/mol. The maximum Gasteiger partial charge on any atom is 0.416 e. The van der Waals surface area contributed by atoms with Crippen LogP contribution in [0.1, 0.15) is 11.1 Å². The minimum Gasteiger partial charge on any atom is -0.486 e. The summed E-state index contributed by atoms with van der Waals surface area (Å²) in [6.45, 7) is 0.256. The minimum absolute atomic E-state index is 0.0392. The van der Waals surface area contributed by atoms with Crippen LogP contribution in [0.15, 0.2) is 42.5 Å². The Morgan fingerprint density at radius 3 is 2.54 bits per heavy atom. The topological polar surface area (TPSA) is 73.9 Å². The molecule has 0 saturated carbocycles. The van der Waals surface area contributed by atoms with Gasteiger partial charge in [0.2, 0.25) is 0 Å². The van der Waals surface area contributed by atoms with Crippen molar-refractivity contribution in [1.29, 1.82) is 0 Å². The molecule has 1 aliphatic rings. The van der Waals surface area contributed by atoms with Crippen molar-refractivity contribution in [3.8, 4) is 11.5 Å². The number of ether oxygens (including phenoxy) is 3. The van der Waals surface area contributed by atoms with Crippen molar-refractivity contribution in [2.45, 2.75) is 12.6 Å². The predicted molar refractivity (Wildman–Crippen MR) is 92.2 cm³/mol. The Balaban J connectivity index is 1.50. The van der Waals surface area contributed by atoms with Crippen molar-refractivity contribution < 1.29 is 37.0 Å². The van der Waals surface area contributed by atoms with Gasteiger partial charge in [-0.15, -0.1) is 0 Å². The van der Waals surface area contributed by atoms with Crippen LogP contribution in [0.2, 0.25) is 0 Å². The Bertz CT molecular complexity index is 882. The summed E-state index contributed by atoms with van der Waals surface area (Å²) in [7, 11) is 0. The largest absolute Gasteiger partial charge is 0.486 e. The third-order valence-corrected chi connectivity index (χ3v) is 3.79. The molecule has 1 N–H and O–H groups in total. The Morgan fingerprint density at radius 2 is 1.79 bits per heavy atom. The van der Waals surface area contributed by atoms with Gasteiger partial charge in [-0.25, -0.2) is 0 Å². The number of carbonyl (C=O) groups is 2. The first-order valence-corrected chi connectivity index (χ1v) is 8.32. The number of hydrogen-bond acceptors (Lipinski definition) is 5. The van der Waals surface area contributed by atoms with Crippen LogP contribution in [0.5, 0.6) is 11.5 Å². The highest BCUT2D eigenvalue weighted by Gasteiger charge is 2.30. The zero-order chi connectivity index (χ0) is 20.1. The third kappa shape index (κ3) is 5.15. The summed E-state index contributed by atoms with van der Waals surface area (Å²) >= 11 is 0. The van der Waals surface area contributed by atoms with E-state index in [1.54, 1.807) is 18.2 Å². The highest BCUT2D eigenvalue weighted by molar-refractivity contribution is 5.93. The lowest BCUT2D eigenvalue weighted by Gasteiger charge is -2.18. The lowest BCUT2D eigenvalue weighted by molar-refractivity contribution is -0.146. The predicted octanol–water partition coefficient (Wildman–Crippen LogP) is 3.20. The fraction of sp³-hybridized carbons (Fsp3) is 0.263. The van der Waals surface area contributed by atoms with E-state index in [1.807, 2.05) is 0 Å². The van der Waals surface area contributed by atoms with Crippen LogP contribution >= 0.6 is 0 Å². The van der Waals surface area contributed by atoms with Gasteiger partial charge in [-0.1, -0.05) is 12.1 Å². The quantitative estimate of drug-likeness (QED) is 0.787. The molecule has 0 saturated heterocycles. The molecule has 0 unspecified atom stereocenters. The molecular formula is C19H16F3NO5.